The van der Waals surface area contributed by atoms with Crippen molar-refractivity contribution in [3.63, 3.8) is 0 Å². The molecule has 79 heavy (non-hydrogen) atoms. The first-order valence-electron chi connectivity index (χ1n) is 33.1. The van der Waals surface area contributed by atoms with Gasteiger partial charge in [0, 0.05) is 6.42 Å². The van der Waals surface area contributed by atoms with Crippen LogP contribution in [0.4, 0.5) is 0 Å². The van der Waals surface area contributed by atoms with E-state index >= 15 is 0 Å². The van der Waals surface area contributed by atoms with Gasteiger partial charge in [0.2, 0.25) is 5.91 Å². The molecule has 0 aromatic carbocycles. The number of aliphatic hydroxyl groups excluding tert-OH is 5. The van der Waals surface area contributed by atoms with Crippen LogP contribution in [-0.4, -0.2) is 99.6 Å². The first-order valence-corrected chi connectivity index (χ1v) is 33.1. The molecule has 0 bridgehead atoms. The summed E-state index contributed by atoms with van der Waals surface area (Å²) in [6.07, 6.45) is 59.7. The van der Waals surface area contributed by atoms with Gasteiger partial charge in [-0.2, -0.15) is 0 Å². The van der Waals surface area contributed by atoms with Gasteiger partial charge < -0.3 is 45.1 Å². The molecule has 0 aromatic heterocycles. The fourth-order valence-corrected chi connectivity index (χ4v) is 10.1. The van der Waals surface area contributed by atoms with Gasteiger partial charge in [-0.3, -0.25) is 9.59 Å². The van der Waals surface area contributed by atoms with E-state index in [-0.39, 0.29) is 19.4 Å². The Balaban J connectivity index is 2.59. The molecule has 1 amide bonds. The standard InChI is InChI=1S/C68H123NO10/c1-4-7-10-13-16-19-22-24-26-27-28-29-30-31-32-33-34-36-37-40-43-46-49-52-55-61(72)67(76)69-59(60(71)54-51-48-45-42-39-21-18-15-12-9-6-3)58-77-68-66(65(75)64(74)62(57-70)78-68)79-63(73)56-53-50-47-44-41-38-35-25-23-20-17-14-11-8-5-2/h16,19-20,23-24,26,28-29,51,54,59-62,64-66,68,70-72,74-75H,4-15,17-18,21-22,25,27,30-50,52-53,55-58H2,1-3H3,(H,69,76)/b19-16-,23-20-,26-24-,29-28-,54-51+. The van der Waals surface area contributed by atoms with Gasteiger partial charge >= 0.3 is 5.97 Å². The number of hydrogen-bond donors (Lipinski definition) is 6. The fourth-order valence-electron chi connectivity index (χ4n) is 10.1. The molecule has 0 aliphatic carbocycles. The monoisotopic (exact) mass is 1110 g/mol. The van der Waals surface area contributed by atoms with Crippen LogP contribution >= 0.6 is 0 Å². The Morgan fingerprint density at radius 2 is 0.873 bits per heavy atom. The summed E-state index contributed by atoms with van der Waals surface area (Å²) in [5, 5.41) is 57.0. The van der Waals surface area contributed by atoms with Gasteiger partial charge in [-0.15, -0.1) is 0 Å². The molecule has 1 aliphatic rings. The van der Waals surface area contributed by atoms with Crippen molar-refractivity contribution in [2.75, 3.05) is 13.2 Å². The van der Waals surface area contributed by atoms with E-state index in [2.05, 4.69) is 74.7 Å². The summed E-state index contributed by atoms with van der Waals surface area (Å²) in [4.78, 5) is 26.6. The van der Waals surface area contributed by atoms with Crippen molar-refractivity contribution >= 4 is 11.9 Å². The van der Waals surface area contributed by atoms with Gasteiger partial charge in [-0.05, 0) is 89.9 Å². The molecule has 1 heterocycles. The molecule has 11 nitrogen and oxygen atoms in total. The summed E-state index contributed by atoms with van der Waals surface area (Å²) in [6.45, 7) is 5.75. The quantitative estimate of drug-likeness (QED) is 0.0195. The molecule has 0 spiro atoms. The molecule has 1 saturated heterocycles. The third-order valence-corrected chi connectivity index (χ3v) is 15.4. The highest BCUT2D eigenvalue weighted by Crippen LogP contribution is 2.26. The number of carbonyl (C=O) groups is 2. The molecule has 6 N–H and O–H groups in total. The Kier molecular flexibility index (Phi) is 52.6. The second-order valence-electron chi connectivity index (χ2n) is 22.8. The number of amides is 1. The third kappa shape index (κ3) is 43.7. The van der Waals surface area contributed by atoms with E-state index in [4.69, 9.17) is 14.2 Å². The van der Waals surface area contributed by atoms with Crippen LogP contribution in [0.1, 0.15) is 297 Å². The van der Waals surface area contributed by atoms with E-state index in [0.29, 0.717) is 12.8 Å². The Morgan fingerprint density at radius 1 is 0.494 bits per heavy atom. The summed E-state index contributed by atoms with van der Waals surface area (Å²) in [6, 6.07) is -1.03. The van der Waals surface area contributed by atoms with Crippen molar-refractivity contribution in [1.82, 2.24) is 5.32 Å². The maximum atomic E-state index is 13.4. The van der Waals surface area contributed by atoms with Crippen LogP contribution in [-0.2, 0) is 23.8 Å². The third-order valence-electron chi connectivity index (χ3n) is 15.4. The lowest BCUT2D eigenvalue weighted by atomic mass is 9.99. The number of carbonyl (C=O) groups excluding carboxylic acids is 2. The summed E-state index contributed by atoms with van der Waals surface area (Å²) in [7, 11) is 0. The van der Waals surface area contributed by atoms with Crippen molar-refractivity contribution < 1.29 is 49.3 Å². The smallest absolute Gasteiger partial charge is 0.306 e. The topological polar surface area (TPSA) is 175 Å². The summed E-state index contributed by atoms with van der Waals surface area (Å²) in [5.74, 6) is -1.20. The Bertz CT molecular complexity index is 1510. The van der Waals surface area contributed by atoms with Gasteiger partial charge in [0.1, 0.15) is 24.4 Å². The zero-order chi connectivity index (χ0) is 57.5. The average molecular weight is 1110 g/mol. The average Bonchev–Trinajstić information content (AvgIpc) is 3.44. The highest BCUT2D eigenvalue weighted by Gasteiger charge is 2.47. The first kappa shape index (κ1) is 74.4. The zero-order valence-corrected chi connectivity index (χ0v) is 51.0. The number of unbranched alkanes of at least 4 members (excludes halogenated alkanes) is 34. The van der Waals surface area contributed by atoms with Crippen LogP contribution in [0.15, 0.2) is 60.8 Å². The minimum absolute atomic E-state index is 0.118. The molecule has 1 rings (SSSR count). The lowest BCUT2D eigenvalue weighted by molar-refractivity contribution is -0.305. The zero-order valence-electron chi connectivity index (χ0n) is 51.0. The Hall–Kier alpha value is -2.64. The minimum atomic E-state index is -1.62. The summed E-state index contributed by atoms with van der Waals surface area (Å²) in [5.41, 5.74) is 0. The largest absolute Gasteiger partial charge is 0.454 e. The molecular formula is C68H123NO10. The molecule has 0 aromatic rings. The predicted molar refractivity (Wildman–Crippen MR) is 329 cm³/mol. The second-order valence-corrected chi connectivity index (χ2v) is 22.8. The van der Waals surface area contributed by atoms with Crippen molar-refractivity contribution in [3.05, 3.63) is 60.8 Å². The van der Waals surface area contributed by atoms with Gasteiger partial charge in [-0.1, -0.05) is 261 Å². The SMILES string of the molecule is CCCCC/C=C\C/C=C\C/C=C\CCCCCCCCCCCCCC(O)C(=O)NC(COC1OC(CO)C(O)C(O)C1OC(=O)CCCCCCCCC/C=C\CCCCCC)C(O)/C=C/CCCCCCCCCCC. The Morgan fingerprint density at radius 3 is 1.35 bits per heavy atom. The lowest BCUT2D eigenvalue weighted by Crippen LogP contribution is -2.61. The van der Waals surface area contributed by atoms with Crippen molar-refractivity contribution in [3.8, 4) is 0 Å². The molecule has 11 heteroatoms. The number of hydrogen-bond acceptors (Lipinski definition) is 10. The fraction of sp³-hybridized carbons (Fsp3) is 0.824. The first-order chi connectivity index (χ1) is 38.7. The molecule has 0 saturated carbocycles. The van der Waals surface area contributed by atoms with E-state index in [0.717, 1.165) is 89.9 Å². The number of rotatable bonds is 56. The number of aliphatic hydroxyl groups is 5. The molecule has 460 valence electrons. The van der Waals surface area contributed by atoms with Gasteiger partial charge in [0.05, 0.1) is 25.4 Å². The second kappa shape index (κ2) is 55.9. The van der Waals surface area contributed by atoms with Gasteiger partial charge in [0.25, 0.3) is 0 Å². The van der Waals surface area contributed by atoms with Crippen LogP contribution in [0.25, 0.3) is 0 Å². The van der Waals surface area contributed by atoms with E-state index in [1.54, 1.807) is 6.08 Å². The number of ether oxygens (including phenoxy) is 3. The lowest BCUT2D eigenvalue weighted by Gasteiger charge is -2.41. The molecule has 1 aliphatic heterocycles. The van der Waals surface area contributed by atoms with E-state index < -0.39 is 67.4 Å². The van der Waals surface area contributed by atoms with E-state index in [9.17, 15) is 35.1 Å². The number of allylic oxidation sites excluding steroid dienone is 9. The predicted octanol–water partition coefficient (Wildman–Crippen LogP) is 16.2. The van der Waals surface area contributed by atoms with Crippen LogP contribution in [0.2, 0.25) is 0 Å². The maximum absolute atomic E-state index is 13.4. The van der Waals surface area contributed by atoms with Gasteiger partial charge in [0.15, 0.2) is 12.4 Å². The van der Waals surface area contributed by atoms with Gasteiger partial charge in [-0.25, -0.2) is 0 Å². The molecule has 0 radical (unpaired) electrons. The summed E-state index contributed by atoms with van der Waals surface area (Å²) >= 11 is 0. The van der Waals surface area contributed by atoms with E-state index in [1.807, 2.05) is 6.08 Å². The van der Waals surface area contributed by atoms with E-state index in [1.165, 1.54) is 161 Å². The van der Waals surface area contributed by atoms with Crippen LogP contribution in [0, 0.1) is 0 Å². The van der Waals surface area contributed by atoms with Crippen LogP contribution < -0.4 is 5.32 Å². The van der Waals surface area contributed by atoms with Crippen LogP contribution in [0.3, 0.4) is 0 Å². The molecule has 1 fully saturated rings. The minimum Gasteiger partial charge on any atom is -0.454 e. The summed E-state index contributed by atoms with van der Waals surface area (Å²) < 4.78 is 17.6. The van der Waals surface area contributed by atoms with Crippen molar-refractivity contribution in [1.29, 1.82) is 0 Å². The van der Waals surface area contributed by atoms with Crippen LogP contribution in [0.5, 0.6) is 0 Å². The molecule has 8 unspecified atom stereocenters. The maximum Gasteiger partial charge on any atom is 0.306 e. The number of esters is 1. The highest BCUT2D eigenvalue weighted by molar-refractivity contribution is 5.80. The molecule has 8 atom stereocenters. The molecular weight excluding hydrogens is 991 g/mol. The highest BCUT2D eigenvalue weighted by atomic mass is 16.7. The normalized spacial score (nSPS) is 19.2. The number of nitrogens with one attached hydrogen (secondary N) is 1. The van der Waals surface area contributed by atoms with Crippen molar-refractivity contribution in [2.24, 2.45) is 0 Å². The Labute approximate surface area is 484 Å². The van der Waals surface area contributed by atoms with Crippen molar-refractivity contribution in [2.45, 2.75) is 346 Å².